The maximum absolute atomic E-state index is 12.9. The van der Waals surface area contributed by atoms with Crippen LogP contribution in [0.15, 0.2) is 48.5 Å². The van der Waals surface area contributed by atoms with Crippen LogP contribution in [0.2, 0.25) is 0 Å². The quantitative estimate of drug-likeness (QED) is 0.603. The van der Waals surface area contributed by atoms with E-state index in [4.69, 9.17) is 9.47 Å². The number of aryl methyl sites for hydroxylation is 1. The number of nitrogens with zero attached hydrogens (tertiary/aromatic N) is 1. The normalized spacial score (nSPS) is 11.6. The van der Waals surface area contributed by atoms with E-state index >= 15 is 0 Å². The Labute approximate surface area is 171 Å². The van der Waals surface area contributed by atoms with Gasteiger partial charge in [0.15, 0.2) is 6.10 Å². The maximum atomic E-state index is 12.9. The van der Waals surface area contributed by atoms with Gasteiger partial charge in [-0.05, 0) is 62.4 Å². The summed E-state index contributed by atoms with van der Waals surface area (Å²) in [6.45, 7) is 3.18. The molecule has 8 heteroatoms. The zero-order chi connectivity index (χ0) is 21.0. The number of thiazole rings is 1. The highest BCUT2D eigenvalue weighted by atomic mass is 32.1. The van der Waals surface area contributed by atoms with Gasteiger partial charge in [-0.1, -0.05) is 0 Å². The van der Waals surface area contributed by atoms with E-state index in [9.17, 15) is 14.0 Å². The highest BCUT2D eigenvalue weighted by Gasteiger charge is 2.23. The molecule has 0 saturated heterocycles. The molecule has 0 radical (unpaired) electrons. The summed E-state index contributed by atoms with van der Waals surface area (Å²) in [7, 11) is 1.59. The number of esters is 1. The molecule has 150 valence electrons. The summed E-state index contributed by atoms with van der Waals surface area (Å²) in [5, 5.41) is 3.24. The lowest BCUT2D eigenvalue weighted by molar-refractivity contribution is -0.123. The Bertz CT molecular complexity index is 1020. The largest absolute Gasteiger partial charge is 0.497 e. The van der Waals surface area contributed by atoms with E-state index in [2.05, 4.69) is 10.3 Å². The van der Waals surface area contributed by atoms with Crippen LogP contribution in [-0.4, -0.2) is 30.1 Å². The zero-order valence-corrected chi connectivity index (χ0v) is 16.9. The Kier molecular flexibility index (Phi) is 6.23. The van der Waals surface area contributed by atoms with Crippen LogP contribution < -0.4 is 10.1 Å². The molecule has 0 aliphatic rings. The highest BCUT2D eigenvalue weighted by Crippen LogP contribution is 2.29. The van der Waals surface area contributed by atoms with Gasteiger partial charge in [0.05, 0.1) is 12.8 Å². The van der Waals surface area contributed by atoms with Crippen molar-refractivity contribution in [3.8, 4) is 16.3 Å². The highest BCUT2D eigenvalue weighted by molar-refractivity contribution is 7.17. The number of carbonyl (C=O) groups excluding carboxylic acids is 2. The van der Waals surface area contributed by atoms with Crippen LogP contribution in [0.3, 0.4) is 0 Å². The molecule has 29 heavy (non-hydrogen) atoms. The van der Waals surface area contributed by atoms with Crippen LogP contribution in [0.4, 0.5) is 10.1 Å². The summed E-state index contributed by atoms with van der Waals surface area (Å²) in [6.07, 6.45) is -1.03. The van der Waals surface area contributed by atoms with Crippen molar-refractivity contribution in [2.24, 2.45) is 0 Å². The molecule has 0 spiro atoms. The molecule has 1 atom stereocenters. The minimum atomic E-state index is -1.03. The van der Waals surface area contributed by atoms with Gasteiger partial charge in [0.1, 0.15) is 21.5 Å². The van der Waals surface area contributed by atoms with Crippen molar-refractivity contribution >= 4 is 28.9 Å². The fourth-order valence-corrected chi connectivity index (χ4v) is 3.44. The minimum Gasteiger partial charge on any atom is -0.497 e. The predicted octanol–water partition coefficient (Wildman–Crippen LogP) is 4.45. The number of methoxy groups -OCH3 is 1. The van der Waals surface area contributed by atoms with Gasteiger partial charge < -0.3 is 14.8 Å². The summed E-state index contributed by atoms with van der Waals surface area (Å²) in [5.74, 6) is -0.817. The van der Waals surface area contributed by atoms with E-state index in [1.165, 1.54) is 42.5 Å². The monoisotopic (exact) mass is 414 g/mol. The molecule has 3 rings (SSSR count). The summed E-state index contributed by atoms with van der Waals surface area (Å²) < 4.78 is 23.4. The number of halogens is 1. The molecule has 0 fully saturated rings. The first kappa shape index (κ1) is 20.5. The van der Waals surface area contributed by atoms with E-state index in [0.717, 1.165) is 11.3 Å². The van der Waals surface area contributed by atoms with Crippen LogP contribution in [-0.2, 0) is 9.53 Å². The number of hydrogen-bond donors (Lipinski definition) is 1. The SMILES string of the molecule is COc1ccc(-c2nc(C)c(C(=O)O[C@H](C)C(=O)Nc3ccc(F)cc3)s2)cc1. The van der Waals surface area contributed by atoms with Crippen molar-refractivity contribution in [1.29, 1.82) is 0 Å². The molecule has 0 bridgehead atoms. The van der Waals surface area contributed by atoms with Gasteiger partial charge in [-0.3, -0.25) is 4.79 Å². The van der Waals surface area contributed by atoms with Crippen LogP contribution >= 0.6 is 11.3 Å². The number of rotatable bonds is 6. The Morgan fingerprint density at radius 2 is 1.76 bits per heavy atom. The van der Waals surface area contributed by atoms with Crippen LogP contribution in [0.5, 0.6) is 5.75 Å². The number of benzene rings is 2. The maximum Gasteiger partial charge on any atom is 0.351 e. The standard InChI is InChI=1S/C21H19FN2O4S/c1-12-18(29-20(23-12)14-4-10-17(27-3)11-5-14)21(26)28-13(2)19(25)24-16-8-6-15(22)7-9-16/h4-11,13H,1-3H3,(H,24,25)/t13-/m1/s1. The van der Waals surface area contributed by atoms with Crippen molar-refractivity contribution in [1.82, 2.24) is 4.98 Å². The van der Waals surface area contributed by atoms with Crippen molar-refractivity contribution in [2.45, 2.75) is 20.0 Å². The number of aromatic nitrogens is 1. The van der Waals surface area contributed by atoms with E-state index < -0.39 is 23.8 Å². The number of amides is 1. The average Bonchev–Trinajstić information content (AvgIpc) is 3.11. The van der Waals surface area contributed by atoms with E-state index in [1.54, 1.807) is 14.0 Å². The molecule has 0 aliphatic carbocycles. The lowest BCUT2D eigenvalue weighted by Crippen LogP contribution is -2.29. The van der Waals surface area contributed by atoms with Crippen molar-refractivity contribution in [3.63, 3.8) is 0 Å². The second kappa shape index (κ2) is 8.83. The third-order valence-corrected chi connectivity index (χ3v) is 5.27. The second-order valence-electron chi connectivity index (χ2n) is 6.21. The van der Waals surface area contributed by atoms with Crippen LogP contribution in [0.25, 0.3) is 10.6 Å². The summed E-state index contributed by atoms with van der Waals surface area (Å²) in [6, 6.07) is 12.6. The summed E-state index contributed by atoms with van der Waals surface area (Å²) >= 11 is 1.19. The first-order valence-electron chi connectivity index (χ1n) is 8.76. The van der Waals surface area contributed by atoms with Gasteiger partial charge in [0, 0.05) is 11.3 Å². The first-order valence-corrected chi connectivity index (χ1v) is 9.58. The molecule has 1 amide bonds. The fraction of sp³-hybridized carbons (Fsp3) is 0.190. The summed E-state index contributed by atoms with van der Waals surface area (Å²) in [4.78, 5) is 29.5. The van der Waals surface area contributed by atoms with Gasteiger partial charge >= 0.3 is 5.97 Å². The zero-order valence-electron chi connectivity index (χ0n) is 16.1. The molecule has 3 aromatic rings. The van der Waals surface area contributed by atoms with Gasteiger partial charge in [0.2, 0.25) is 0 Å². The van der Waals surface area contributed by atoms with Gasteiger partial charge in [0.25, 0.3) is 5.91 Å². The molecule has 1 aromatic heterocycles. The number of nitrogens with one attached hydrogen (secondary N) is 1. The number of ether oxygens (including phenoxy) is 2. The lowest BCUT2D eigenvalue weighted by atomic mass is 10.2. The average molecular weight is 414 g/mol. The fourth-order valence-electron chi connectivity index (χ4n) is 2.49. The lowest BCUT2D eigenvalue weighted by Gasteiger charge is -2.13. The topological polar surface area (TPSA) is 77.5 Å². The Balaban J connectivity index is 1.67. The molecule has 2 aromatic carbocycles. The molecule has 1 N–H and O–H groups in total. The Morgan fingerprint density at radius 3 is 2.38 bits per heavy atom. The van der Waals surface area contributed by atoms with Gasteiger partial charge in [-0.2, -0.15) is 0 Å². The molecule has 0 aliphatic heterocycles. The molecular formula is C21H19FN2O4S. The molecule has 1 heterocycles. The number of anilines is 1. The van der Waals surface area contributed by atoms with Gasteiger partial charge in [-0.15, -0.1) is 11.3 Å². The van der Waals surface area contributed by atoms with E-state index in [0.29, 0.717) is 21.3 Å². The third kappa shape index (κ3) is 4.97. The Hall–Kier alpha value is -3.26. The first-order chi connectivity index (χ1) is 13.9. The predicted molar refractivity (Wildman–Crippen MR) is 109 cm³/mol. The van der Waals surface area contributed by atoms with E-state index in [-0.39, 0.29) is 0 Å². The molecule has 0 saturated carbocycles. The van der Waals surface area contributed by atoms with Gasteiger partial charge in [-0.25, -0.2) is 14.2 Å². The smallest absolute Gasteiger partial charge is 0.351 e. The Morgan fingerprint density at radius 1 is 1.10 bits per heavy atom. The number of hydrogen-bond acceptors (Lipinski definition) is 6. The molecule has 6 nitrogen and oxygen atoms in total. The minimum absolute atomic E-state index is 0.331. The van der Waals surface area contributed by atoms with Crippen LogP contribution in [0.1, 0.15) is 22.3 Å². The number of carbonyl (C=O) groups is 2. The molecular weight excluding hydrogens is 395 g/mol. The third-order valence-electron chi connectivity index (χ3n) is 4.08. The van der Waals surface area contributed by atoms with Crippen LogP contribution in [0, 0.1) is 12.7 Å². The van der Waals surface area contributed by atoms with Crippen molar-refractivity contribution in [3.05, 3.63) is 64.9 Å². The molecule has 0 unspecified atom stereocenters. The van der Waals surface area contributed by atoms with Crippen molar-refractivity contribution in [2.75, 3.05) is 12.4 Å². The van der Waals surface area contributed by atoms with E-state index in [1.807, 2.05) is 24.3 Å². The second-order valence-corrected chi connectivity index (χ2v) is 7.20. The van der Waals surface area contributed by atoms with Crippen molar-refractivity contribution < 1.29 is 23.5 Å². The summed E-state index contributed by atoms with van der Waals surface area (Å²) in [5.41, 5.74) is 1.78.